The topological polar surface area (TPSA) is 84.9 Å². The third-order valence-corrected chi connectivity index (χ3v) is 6.76. The van der Waals surface area contributed by atoms with Crippen molar-refractivity contribution >= 4 is 21.6 Å². The van der Waals surface area contributed by atoms with Gasteiger partial charge in [0.2, 0.25) is 5.91 Å². The minimum atomic E-state index is -4.23. The molecule has 1 amide bonds. The number of carbonyl (C=O) groups is 1. The molecule has 3 aromatic rings. The van der Waals surface area contributed by atoms with Crippen molar-refractivity contribution in [3.63, 3.8) is 0 Å². The molecule has 7 nitrogen and oxygen atoms in total. The van der Waals surface area contributed by atoms with Gasteiger partial charge in [-0.2, -0.15) is 0 Å². The summed E-state index contributed by atoms with van der Waals surface area (Å²) in [5.41, 5.74) is 0.930. The largest absolute Gasteiger partial charge is 0.493 e. The molecule has 10 heteroatoms. The molecule has 3 rings (SSSR count). The first kappa shape index (κ1) is 25.0. The molecule has 0 saturated carbocycles. The number of nitrogens with one attached hydrogen (secondary N) is 1. The lowest BCUT2D eigenvalue weighted by Gasteiger charge is -2.24. The van der Waals surface area contributed by atoms with Crippen LogP contribution in [0.2, 0.25) is 0 Å². The van der Waals surface area contributed by atoms with E-state index in [0.717, 1.165) is 22.0 Å². The molecule has 0 aliphatic rings. The molecular formula is C24H24F2N2O5S. The predicted molar refractivity (Wildman–Crippen MR) is 124 cm³/mol. The van der Waals surface area contributed by atoms with Gasteiger partial charge in [0.25, 0.3) is 10.0 Å². The summed E-state index contributed by atoms with van der Waals surface area (Å²) in [5.74, 6) is -0.922. The molecular weight excluding hydrogens is 466 g/mol. The average Bonchev–Trinajstić information content (AvgIpc) is 2.84. The summed E-state index contributed by atoms with van der Waals surface area (Å²) in [6, 6.07) is 14.7. The van der Waals surface area contributed by atoms with Gasteiger partial charge in [-0.25, -0.2) is 17.2 Å². The van der Waals surface area contributed by atoms with Crippen LogP contribution in [0, 0.1) is 11.6 Å². The van der Waals surface area contributed by atoms with E-state index in [1.165, 1.54) is 56.7 Å². The van der Waals surface area contributed by atoms with Crippen molar-refractivity contribution in [2.45, 2.75) is 11.3 Å². The van der Waals surface area contributed by atoms with E-state index >= 15 is 0 Å². The van der Waals surface area contributed by atoms with Crippen LogP contribution in [0.4, 0.5) is 14.5 Å². The van der Waals surface area contributed by atoms with Gasteiger partial charge in [0, 0.05) is 12.6 Å². The fraction of sp³-hybridized carbons (Fsp3) is 0.208. The van der Waals surface area contributed by atoms with E-state index in [9.17, 15) is 22.0 Å². The van der Waals surface area contributed by atoms with Crippen LogP contribution in [0.1, 0.15) is 5.56 Å². The molecule has 0 unspecified atom stereocenters. The number of methoxy groups -OCH3 is 2. The van der Waals surface area contributed by atoms with Crippen molar-refractivity contribution in [3.05, 3.63) is 83.9 Å². The second kappa shape index (κ2) is 11.0. The van der Waals surface area contributed by atoms with Gasteiger partial charge in [-0.3, -0.25) is 9.10 Å². The average molecular weight is 491 g/mol. The van der Waals surface area contributed by atoms with E-state index in [1.807, 2.05) is 0 Å². The van der Waals surface area contributed by atoms with Gasteiger partial charge in [-0.1, -0.05) is 12.1 Å². The quantitative estimate of drug-likeness (QED) is 0.470. The lowest BCUT2D eigenvalue weighted by atomic mass is 10.1. The smallest absolute Gasteiger partial charge is 0.264 e. The Morgan fingerprint density at radius 3 is 2.06 bits per heavy atom. The highest BCUT2D eigenvalue weighted by molar-refractivity contribution is 7.92. The Kier molecular flexibility index (Phi) is 8.06. The maximum Gasteiger partial charge on any atom is 0.264 e. The third-order valence-electron chi connectivity index (χ3n) is 4.99. The highest BCUT2D eigenvalue weighted by Gasteiger charge is 2.28. The molecule has 3 aromatic carbocycles. The van der Waals surface area contributed by atoms with Gasteiger partial charge in [0.15, 0.2) is 11.5 Å². The fourth-order valence-electron chi connectivity index (χ4n) is 3.21. The third kappa shape index (κ3) is 6.02. The van der Waals surface area contributed by atoms with Crippen molar-refractivity contribution in [1.29, 1.82) is 0 Å². The maximum absolute atomic E-state index is 13.5. The number of hydrogen-bond donors (Lipinski definition) is 1. The zero-order valence-corrected chi connectivity index (χ0v) is 19.4. The molecule has 0 aromatic heterocycles. The highest BCUT2D eigenvalue weighted by Crippen LogP contribution is 2.32. The summed E-state index contributed by atoms with van der Waals surface area (Å²) < 4.78 is 64.7. The van der Waals surface area contributed by atoms with Crippen molar-refractivity contribution in [3.8, 4) is 11.5 Å². The zero-order chi connectivity index (χ0) is 24.7. The number of hydrogen-bond acceptors (Lipinski definition) is 5. The number of nitrogens with zero attached hydrogens (tertiary/aromatic N) is 1. The summed E-state index contributed by atoms with van der Waals surface area (Å²) in [4.78, 5) is 12.5. The molecule has 0 saturated heterocycles. The molecule has 0 spiro atoms. The maximum atomic E-state index is 13.5. The van der Waals surface area contributed by atoms with E-state index in [4.69, 9.17) is 9.47 Å². The fourth-order valence-corrected chi connectivity index (χ4v) is 4.65. The van der Waals surface area contributed by atoms with E-state index in [-0.39, 0.29) is 28.7 Å². The number of benzene rings is 3. The molecule has 0 aliphatic heterocycles. The van der Waals surface area contributed by atoms with Crippen LogP contribution in [-0.2, 0) is 21.2 Å². The Balaban J connectivity index is 1.82. The normalized spacial score (nSPS) is 11.1. The van der Waals surface area contributed by atoms with Gasteiger partial charge >= 0.3 is 0 Å². The van der Waals surface area contributed by atoms with Crippen LogP contribution in [0.25, 0.3) is 0 Å². The Bertz CT molecular complexity index is 1230. The summed E-state index contributed by atoms with van der Waals surface area (Å²) in [5, 5.41) is 2.66. The Morgan fingerprint density at radius 1 is 0.882 bits per heavy atom. The van der Waals surface area contributed by atoms with Crippen molar-refractivity contribution in [2.24, 2.45) is 0 Å². The Hall–Kier alpha value is -3.66. The molecule has 180 valence electrons. The number of rotatable bonds is 10. The standard InChI is InChI=1S/C24H24F2N2O5S/c1-32-22-12-11-21(15-23(22)33-2)34(30,31)28(20-9-7-19(26)8-10-20)16-24(29)27-14-13-17-3-5-18(25)6-4-17/h3-12,15H,13-14,16H2,1-2H3,(H,27,29). The summed E-state index contributed by atoms with van der Waals surface area (Å²) in [6.07, 6.45) is 0.436. The van der Waals surface area contributed by atoms with Crippen LogP contribution in [-0.4, -0.2) is 41.6 Å². The van der Waals surface area contributed by atoms with E-state index in [1.54, 1.807) is 12.1 Å². The molecule has 0 atom stereocenters. The van der Waals surface area contributed by atoms with Gasteiger partial charge < -0.3 is 14.8 Å². The van der Waals surface area contributed by atoms with E-state index in [0.29, 0.717) is 12.2 Å². The highest BCUT2D eigenvalue weighted by atomic mass is 32.2. The summed E-state index contributed by atoms with van der Waals surface area (Å²) >= 11 is 0. The molecule has 0 fully saturated rings. The minimum absolute atomic E-state index is 0.116. The second-order valence-electron chi connectivity index (χ2n) is 7.23. The van der Waals surface area contributed by atoms with Gasteiger partial charge in [-0.15, -0.1) is 0 Å². The van der Waals surface area contributed by atoms with Gasteiger partial charge in [0.1, 0.15) is 18.2 Å². The second-order valence-corrected chi connectivity index (χ2v) is 9.09. The number of amides is 1. The Morgan fingerprint density at radius 2 is 1.47 bits per heavy atom. The first-order valence-electron chi connectivity index (χ1n) is 10.3. The van der Waals surface area contributed by atoms with Crippen molar-refractivity contribution in [1.82, 2.24) is 5.32 Å². The predicted octanol–water partition coefficient (Wildman–Crippen LogP) is 3.54. The number of halogens is 2. The number of carbonyl (C=O) groups excluding carboxylic acids is 1. The Labute approximate surface area is 197 Å². The van der Waals surface area contributed by atoms with Crippen LogP contribution in [0.3, 0.4) is 0 Å². The van der Waals surface area contributed by atoms with Gasteiger partial charge in [-0.05, 0) is 60.5 Å². The lowest BCUT2D eigenvalue weighted by molar-refractivity contribution is -0.119. The van der Waals surface area contributed by atoms with Crippen LogP contribution >= 0.6 is 0 Å². The number of ether oxygens (including phenoxy) is 2. The first-order chi connectivity index (χ1) is 16.2. The van der Waals surface area contributed by atoms with Crippen LogP contribution in [0.5, 0.6) is 11.5 Å². The summed E-state index contributed by atoms with van der Waals surface area (Å²) in [6.45, 7) is -0.316. The zero-order valence-electron chi connectivity index (χ0n) is 18.6. The molecule has 0 bridgehead atoms. The molecule has 1 N–H and O–H groups in total. The lowest BCUT2D eigenvalue weighted by Crippen LogP contribution is -2.41. The van der Waals surface area contributed by atoms with Crippen molar-refractivity contribution < 1.29 is 31.5 Å². The van der Waals surface area contributed by atoms with Crippen molar-refractivity contribution in [2.75, 3.05) is 31.6 Å². The molecule has 0 heterocycles. The first-order valence-corrected chi connectivity index (χ1v) is 11.7. The van der Waals surface area contributed by atoms with E-state index < -0.39 is 28.3 Å². The number of sulfonamides is 1. The SMILES string of the molecule is COc1ccc(S(=O)(=O)N(CC(=O)NCCc2ccc(F)cc2)c2ccc(F)cc2)cc1OC. The molecule has 0 aliphatic carbocycles. The molecule has 0 radical (unpaired) electrons. The van der Waals surface area contributed by atoms with Crippen LogP contribution in [0.15, 0.2) is 71.6 Å². The minimum Gasteiger partial charge on any atom is -0.493 e. The van der Waals surface area contributed by atoms with Crippen LogP contribution < -0.4 is 19.1 Å². The number of anilines is 1. The van der Waals surface area contributed by atoms with E-state index in [2.05, 4.69) is 5.32 Å². The monoisotopic (exact) mass is 490 g/mol. The summed E-state index contributed by atoms with van der Waals surface area (Å²) in [7, 11) is -1.43. The molecule has 34 heavy (non-hydrogen) atoms. The van der Waals surface area contributed by atoms with Gasteiger partial charge in [0.05, 0.1) is 24.8 Å².